The van der Waals surface area contributed by atoms with E-state index in [9.17, 15) is 19.2 Å². The predicted octanol–water partition coefficient (Wildman–Crippen LogP) is 7.19. The number of hydrogen-bond acceptors (Lipinski definition) is 12. The van der Waals surface area contributed by atoms with E-state index in [0.29, 0.717) is 26.3 Å². The molecule has 3 amide bonds. The van der Waals surface area contributed by atoms with E-state index in [1.807, 2.05) is 0 Å². The van der Waals surface area contributed by atoms with Crippen molar-refractivity contribution < 1.29 is 51.7 Å². The molecule has 0 saturated heterocycles. The van der Waals surface area contributed by atoms with Crippen molar-refractivity contribution in [3.05, 3.63) is 59.2 Å². The fourth-order valence-corrected chi connectivity index (χ4v) is 7.61. The summed E-state index contributed by atoms with van der Waals surface area (Å²) in [6.07, 6.45) is 1.83. The number of amides is 3. The van der Waals surface area contributed by atoms with Crippen molar-refractivity contribution in [3.63, 3.8) is 0 Å². The molecule has 67 heavy (non-hydrogen) atoms. The minimum atomic E-state index is -1.96. The van der Waals surface area contributed by atoms with E-state index in [4.69, 9.17) is 38.3 Å². The van der Waals surface area contributed by atoms with Gasteiger partial charge in [-0.15, -0.1) is 0 Å². The largest absolute Gasteiger partial charge is 0.459 e. The summed E-state index contributed by atoms with van der Waals surface area (Å²) in [4.78, 5) is 48.5. The molecule has 0 aliphatic rings. The number of aryl methyl sites for hydroxylation is 1. The van der Waals surface area contributed by atoms with Gasteiger partial charge in [-0.1, -0.05) is 84.0 Å². The molecule has 0 saturated carbocycles. The van der Waals surface area contributed by atoms with Gasteiger partial charge in [0.1, 0.15) is 24.9 Å². The molecular weight excluding hydrogens is 889 g/mol. The van der Waals surface area contributed by atoms with Gasteiger partial charge < -0.3 is 54.2 Å². The van der Waals surface area contributed by atoms with Crippen LogP contribution in [0.25, 0.3) is 11.1 Å². The maximum absolute atomic E-state index is 12.5. The molecule has 0 aliphatic carbocycles. The Morgan fingerprint density at radius 3 is 1.58 bits per heavy atom. The number of hydrogen-bond donors (Lipinski definition) is 4. The second-order valence-corrected chi connectivity index (χ2v) is 30.6. The highest BCUT2D eigenvalue weighted by molar-refractivity contribution is 6.74. The molecule has 5 N–H and O–H groups in total. The van der Waals surface area contributed by atoms with Crippen LogP contribution in [-0.2, 0) is 71.3 Å². The molecule has 1 unspecified atom stereocenters. The lowest BCUT2D eigenvalue weighted by atomic mass is 9.96. The first-order valence-electron chi connectivity index (χ1n) is 23.8. The lowest BCUT2D eigenvalue weighted by Crippen LogP contribution is -2.40. The second-order valence-electron chi connectivity index (χ2n) is 20.9. The number of ether oxygens (including phenoxy) is 5. The molecular formula is C50H86N4O11Si2. The molecule has 380 valence electrons. The Labute approximate surface area is 404 Å². The summed E-state index contributed by atoms with van der Waals surface area (Å²) in [5.41, 5.74) is 11.0. The maximum Gasteiger partial charge on any atom is 0.323 e. The highest BCUT2D eigenvalue weighted by Gasteiger charge is 2.38. The van der Waals surface area contributed by atoms with Crippen LogP contribution in [0.1, 0.15) is 98.3 Å². The minimum Gasteiger partial charge on any atom is -0.459 e. The predicted molar refractivity (Wildman–Crippen MR) is 270 cm³/mol. The van der Waals surface area contributed by atoms with E-state index >= 15 is 0 Å². The van der Waals surface area contributed by atoms with Crippen molar-refractivity contribution in [1.29, 1.82) is 0 Å². The van der Waals surface area contributed by atoms with Crippen LogP contribution in [0.2, 0.25) is 36.3 Å². The summed E-state index contributed by atoms with van der Waals surface area (Å²) in [6.45, 7) is 31.5. The van der Waals surface area contributed by atoms with Crippen LogP contribution in [0.4, 0.5) is 0 Å². The Hall–Kier alpha value is -3.53. The Bertz CT molecular complexity index is 1810. The molecule has 0 aliphatic heterocycles. The molecule has 0 aromatic heterocycles. The SMILES string of the molecule is CC(C)(C)OC(=O)C(N)CCC(=O)NCCOCCOCC(=O)NCCOCCOCC(=O)NCCCc1cc(-c2ccc(CO[Si](C)(C)C(C)(C)C)cc2)ccc1CO[Si](C)(C)C(C)(C)C. The number of benzene rings is 2. The van der Waals surface area contributed by atoms with Crippen LogP contribution in [0.5, 0.6) is 0 Å². The molecule has 0 fully saturated rings. The van der Waals surface area contributed by atoms with Gasteiger partial charge in [-0.25, -0.2) is 0 Å². The van der Waals surface area contributed by atoms with Gasteiger partial charge in [0, 0.05) is 26.1 Å². The van der Waals surface area contributed by atoms with Crippen molar-refractivity contribution in [2.75, 3.05) is 72.5 Å². The molecule has 2 aromatic carbocycles. The van der Waals surface area contributed by atoms with Gasteiger partial charge in [0.25, 0.3) is 0 Å². The van der Waals surface area contributed by atoms with E-state index in [1.165, 1.54) is 16.7 Å². The average molecular weight is 975 g/mol. The fourth-order valence-electron chi connectivity index (χ4n) is 5.70. The van der Waals surface area contributed by atoms with E-state index in [0.717, 1.165) is 24.0 Å². The molecule has 15 nitrogen and oxygen atoms in total. The Kier molecular flexibility index (Phi) is 25.7. The third kappa shape index (κ3) is 24.5. The molecule has 0 bridgehead atoms. The maximum atomic E-state index is 12.5. The highest BCUT2D eigenvalue weighted by atomic mass is 28.4. The van der Waals surface area contributed by atoms with Gasteiger partial charge in [0.05, 0.1) is 52.9 Å². The van der Waals surface area contributed by atoms with Crippen molar-refractivity contribution in [2.24, 2.45) is 5.73 Å². The van der Waals surface area contributed by atoms with E-state index in [1.54, 1.807) is 20.8 Å². The molecule has 2 rings (SSSR count). The summed E-state index contributed by atoms with van der Waals surface area (Å²) in [6, 6.07) is 14.4. The van der Waals surface area contributed by atoms with Crippen molar-refractivity contribution in [1.82, 2.24) is 16.0 Å². The van der Waals surface area contributed by atoms with Crippen LogP contribution < -0.4 is 21.7 Å². The summed E-state index contributed by atoms with van der Waals surface area (Å²) in [5.74, 6) is -1.25. The first kappa shape index (κ1) is 59.6. The van der Waals surface area contributed by atoms with Crippen LogP contribution in [0.3, 0.4) is 0 Å². The monoisotopic (exact) mass is 975 g/mol. The van der Waals surface area contributed by atoms with Crippen LogP contribution >= 0.6 is 0 Å². The Morgan fingerprint density at radius 1 is 0.582 bits per heavy atom. The lowest BCUT2D eigenvalue weighted by molar-refractivity contribution is -0.156. The number of carbonyl (C=O) groups excluding carboxylic acids is 4. The summed E-state index contributed by atoms with van der Waals surface area (Å²) in [5, 5.41) is 8.65. The van der Waals surface area contributed by atoms with Gasteiger partial charge in [0.2, 0.25) is 17.7 Å². The number of carbonyl (C=O) groups is 4. The fraction of sp³-hybridized carbons (Fsp3) is 0.680. The molecule has 0 spiro atoms. The molecule has 17 heteroatoms. The van der Waals surface area contributed by atoms with Crippen molar-refractivity contribution >= 4 is 40.3 Å². The molecule has 2 aromatic rings. The van der Waals surface area contributed by atoms with E-state index in [2.05, 4.69) is 126 Å². The minimum absolute atomic E-state index is 0.0691. The van der Waals surface area contributed by atoms with Crippen LogP contribution in [0, 0.1) is 0 Å². The quantitative estimate of drug-likeness (QED) is 0.0338. The van der Waals surface area contributed by atoms with E-state index < -0.39 is 34.2 Å². The zero-order valence-electron chi connectivity index (χ0n) is 43.2. The zero-order chi connectivity index (χ0) is 50.3. The molecule has 0 heterocycles. The summed E-state index contributed by atoms with van der Waals surface area (Å²) < 4.78 is 40.1. The number of nitrogens with two attached hydrogens (primary N) is 1. The molecule has 0 radical (unpaired) electrons. The molecule has 1 atom stereocenters. The average Bonchev–Trinajstić information content (AvgIpc) is 3.23. The smallest absolute Gasteiger partial charge is 0.323 e. The van der Waals surface area contributed by atoms with Gasteiger partial charge >= 0.3 is 5.97 Å². The Morgan fingerprint density at radius 2 is 1.06 bits per heavy atom. The van der Waals surface area contributed by atoms with E-state index in [-0.39, 0.29) is 100 Å². The highest BCUT2D eigenvalue weighted by Crippen LogP contribution is 2.38. The van der Waals surface area contributed by atoms with Gasteiger partial charge in [-0.05, 0) is 104 Å². The van der Waals surface area contributed by atoms with Gasteiger partial charge in [-0.2, -0.15) is 0 Å². The van der Waals surface area contributed by atoms with Crippen LogP contribution in [0.15, 0.2) is 42.5 Å². The zero-order valence-corrected chi connectivity index (χ0v) is 45.2. The normalized spacial score (nSPS) is 13.0. The lowest BCUT2D eigenvalue weighted by Gasteiger charge is -2.36. The topological polar surface area (TPSA) is 195 Å². The third-order valence-corrected chi connectivity index (χ3v) is 20.9. The van der Waals surface area contributed by atoms with Crippen molar-refractivity contribution in [2.45, 2.75) is 149 Å². The summed E-state index contributed by atoms with van der Waals surface area (Å²) in [7, 11) is -3.81. The number of nitrogens with one attached hydrogen (secondary N) is 3. The first-order valence-corrected chi connectivity index (χ1v) is 29.6. The number of esters is 1. The Balaban J connectivity index is 1.63. The summed E-state index contributed by atoms with van der Waals surface area (Å²) >= 11 is 0. The van der Waals surface area contributed by atoms with Gasteiger partial charge in [0.15, 0.2) is 16.6 Å². The second kappa shape index (κ2) is 28.8. The standard InChI is InChI=1S/C50H86N4O11Si2/c1-48(2,3)65-47(58)43(51)22-23-44(55)53-25-27-59-29-32-62-37-46(57)54-26-28-60-30-31-61-36-45(56)52-24-14-15-40-33-41(20-21-42(40)35-64-67(12,13)50(7,8)9)39-18-16-38(17-19-39)34-63-66(10,11)49(4,5)6/h16-21,33,43H,14-15,22-32,34-37,51H2,1-13H3,(H,52,56)(H,53,55)(H,54,57). The first-order chi connectivity index (χ1) is 31.2. The van der Waals surface area contributed by atoms with Crippen LogP contribution in [-0.4, -0.2) is 124 Å². The van der Waals surface area contributed by atoms with Gasteiger partial charge in [-0.3, -0.25) is 19.2 Å². The van der Waals surface area contributed by atoms with Crippen molar-refractivity contribution in [3.8, 4) is 11.1 Å². The third-order valence-electron chi connectivity index (χ3n) is 12.0. The number of rotatable bonds is 31.